The van der Waals surface area contributed by atoms with E-state index in [1.165, 1.54) is 23.9 Å². The molecular formula is C17H17F2N5O3S. The van der Waals surface area contributed by atoms with Crippen LogP contribution in [0, 0.1) is 0 Å². The fraction of sp³-hybridized carbons (Fsp3) is 0.412. The number of carbonyl (C=O) groups is 1. The maximum absolute atomic E-state index is 14.0. The Bertz CT molecular complexity index is 1140. The average Bonchev–Trinajstić information content (AvgIpc) is 3.23. The number of rotatable bonds is 6. The minimum absolute atomic E-state index is 0.0939. The highest BCUT2D eigenvalue weighted by molar-refractivity contribution is 7.19. The van der Waals surface area contributed by atoms with E-state index in [-0.39, 0.29) is 39.6 Å². The molecule has 4 rings (SSSR count). The molecule has 1 fully saturated rings. The zero-order valence-electron chi connectivity index (χ0n) is 15.1. The van der Waals surface area contributed by atoms with Gasteiger partial charge < -0.3 is 10.5 Å². The van der Waals surface area contributed by atoms with E-state index in [1.54, 1.807) is 0 Å². The molecule has 28 heavy (non-hydrogen) atoms. The third kappa shape index (κ3) is 3.15. The van der Waals surface area contributed by atoms with Crippen molar-refractivity contribution in [2.24, 2.45) is 5.73 Å². The van der Waals surface area contributed by atoms with Crippen molar-refractivity contribution in [2.45, 2.75) is 38.2 Å². The number of ether oxygens (including phenoxy) is 1. The van der Waals surface area contributed by atoms with E-state index >= 15 is 0 Å². The number of thiazole rings is 1. The smallest absolute Gasteiger partial charge is 0.286 e. The molecule has 1 aliphatic carbocycles. The lowest BCUT2D eigenvalue weighted by atomic mass is 10.2. The molecule has 2 N–H and O–H groups in total. The van der Waals surface area contributed by atoms with Gasteiger partial charge in [0, 0.05) is 18.9 Å². The van der Waals surface area contributed by atoms with Crippen LogP contribution in [0.5, 0.6) is 5.06 Å². The van der Waals surface area contributed by atoms with Crippen molar-refractivity contribution in [2.75, 3.05) is 7.11 Å². The molecule has 1 amide bonds. The van der Waals surface area contributed by atoms with Crippen LogP contribution >= 0.6 is 11.3 Å². The molecule has 3 aromatic heterocycles. The first-order chi connectivity index (χ1) is 13.2. The number of nitrogens with two attached hydrogens (primary N) is 1. The summed E-state index contributed by atoms with van der Waals surface area (Å²) in [7, 11) is 1.35. The minimum Gasteiger partial charge on any atom is -0.485 e. The van der Waals surface area contributed by atoms with Gasteiger partial charge in [-0.15, -0.1) is 0 Å². The van der Waals surface area contributed by atoms with E-state index in [0.29, 0.717) is 5.69 Å². The lowest BCUT2D eigenvalue weighted by Gasteiger charge is -2.12. The first-order valence-corrected chi connectivity index (χ1v) is 9.36. The highest BCUT2D eigenvalue weighted by atomic mass is 32.1. The van der Waals surface area contributed by atoms with Crippen LogP contribution in [-0.2, 0) is 12.5 Å². The molecule has 0 atom stereocenters. The Balaban J connectivity index is 1.79. The van der Waals surface area contributed by atoms with Crippen molar-refractivity contribution in [1.82, 2.24) is 19.2 Å². The van der Waals surface area contributed by atoms with Crippen molar-refractivity contribution in [3.63, 3.8) is 0 Å². The molecule has 11 heteroatoms. The number of nitrogens with zero attached hydrogens (tertiary/aromatic N) is 4. The Hall–Kier alpha value is -2.82. The van der Waals surface area contributed by atoms with Crippen LogP contribution in [-0.4, -0.2) is 32.2 Å². The Morgan fingerprint density at radius 3 is 2.71 bits per heavy atom. The van der Waals surface area contributed by atoms with E-state index in [0.717, 1.165) is 35.5 Å². The number of hydrogen-bond donors (Lipinski definition) is 1. The van der Waals surface area contributed by atoms with Crippen molar-refractivity contribution in [3.05, 3.63) is 45.3 Å². The maximum Gasteiger partial charge on any atom is 0.286 e. The van der Waals surface area contributed by atoms with E-state index in [2.05, 4.69) is 10.1 Å². The first-order valence-electron chi connectivity index (χ1n) is 8.54. The molecule has 1 saturated carbocycles. The standard InChI is InChI=1S/C17H17F2N5O3S/c1-17(18,19)11-6-10(8-3-4-8)22-23(11)7-9-5-12(25)24-13(14(20)26)15(27-2)28-16(24)21-9/h5-6,8H,3-4,7H2,1-2H3,(H2,20,26). The van der Waals surface area contributed by atoms with Gasteiger partial charge in [0.25, 0.3) is 17.4 Å². The van der Waals surface area contributed by atoms with Gasteiger partial charge in [-0.3, -0.25) is 14.3 Å². The van der Waals surface area contributed by atoms with Crippen molar-refractivity contribution in [3.8, 4) is 5.06 Å². The third-order valence-corrected chi connectivity index (χ3v) is 5.52. The number of halogens is 2. The molecule has 1 aliphatic rings. The molecule has 148 valence electrons. The summed E-state index contributed by atoms with van der Waals surface area (Å²) < 4.78 is 35.4. The fourth-order valence-electron chi connectivity index (χ4n) is 3.08. The molecular weight excluding hydrogens is 392 g/mol. The van der Waals surface area contributed by atoms with Gasteiger partial charge in [-0.25, -0.2) is 9.38 Å². The molecule has 8 nitrogen and oxygen atoms in total. The topological polar surface area (TPSA) is 105 Å². The van der Waals surface area contributed by atoms with Crippen molar-refractivity contribution >= 4 is 22.2 Å². The maximum atomic E-state index is 14.0. The summed E-state index contributed by atoms with van der Waals surface area (Å²) in [4.78, 5) is 28.7. The van der Waals surface area contributed by atoms with Gasteiger partial charge in [0.05, 0.1) is 25.0 Å². The number of primary amides is 1. The summed E-state index contributed by atoms with van der Waals surface area (Å²) in [6.45, 7) is 0.718. The normalized spacial score (nSPS) is 14.6. The predicted molar refractivity (Wildman–Crippen MR) is 97.3 cm³/mol. The molecule has 0 radical (unpaired) electrons. The van der Waals surface area contributed by atoms with Crippen LogP contribution in [0.1, 0.15) is 53.3 Å². The minimum atomic E-state index is -3.08. The Morgan fingerprint density at radius 1 is 1.43 bits per heavy atom. The molecule has 0 aliphatic heterocycles. The van der Waals surface area contributed by atoms with Gasteiger partial charge in [0.15, 0.2) is 5.69 Å². The Morgan fingerprint density at radius 2 is 2.14 bits per heavy atom. The van der Waals surface area contributed by atoms with Crippen LogP contribution in [0.2, 0.25) is 0 Å². The lowest BCUT2D eigenvalue weighted by molar-refractivity contribution is 0.00815. The quantitative estimate of drug-likeness (QED) is 0.671. The number of aromatic nitrogens is 4. The van der Waals surface area contributed by atoms with Gasteiger partial charge in [-0.05, 0) is 18.9 Å². The second-order valence-corrected chi connectivity index (χ2v) is 7.73. The molecule has 0 saturated heterocycles. The Labute approximate surface area is 161 Å². The number of alkyl halides is 2. The van der Waals surface area contributed by atoms with Crippen molar-refractivity contribution < 1.29 is 18.3 Å². The van der Waals surface area contributed by atoms with Gasteiger partial charge in [0.1, 0.15) is 5.69 Å². The average molecular weight is 409 g/mol. The molecule has 0 aromatic carbocycles. The monoisotopic (exact) mass is 409 g/mol. The predicted octanol–water partition coefficient (Wildman–Crippen LogP) is 2.10. The van der Waals surface area contributed by atoms with E-state index in [9.17, 15) is 18.4 Å². The summed E-state index contributed by atoms with van der Waals surface area (Å²) in [5.74, 6) is -3.69. The summed E-state index contributed by atoms with van der Waals surface area (Å²) in [5.41, 5.74) is 5.35. The number of amides is 1. The van der Waals surface area contributed by atoms with E-state index in [1.807, 2.05) is 0 Å². The van der Waals surface area contributed by atoms with Gasteiger partial charge in [-0.2, -0.15) is 13.9 Å². The molecule has 0 unspecified atom stereocenters. The van der Waals surface area contributed by atoms with Crippen LogP contribution < -0.4 is 16.0 Å². The fourth-order valence-corrected chi connectivity index (χ4v) is 4.05. The second-order valence-electron chi connectivity index (χ2n) is 6.78. The van der Waals surface area contributed by atoms with Crippen LogP contribution in [0.3, 0.4) is 0 Å². The highest BCUT2D eigenvalue weighted by Crippen LogP contribution is 2.41. The zero-order valence-corrected chi connectivity index (χ0v) is 15.9. The van der Waals surface area contributed by atoms with Crippen LogP contribution in [0.4, 0.5) is 8.78 Å². The van der Waals surface area contributed by atoms with E-state index < -0.39 is 17.4 Å². The lowest BCUT2D eigenvalue weighted by Crippen LogP contribution is -2.24. The third-order valence-electron chi connectivity index (χ3n) is 4.52. The molecule has 0 spiro atoms. The largest absolute Gasteiger partial charge is 0.485 e. The molecule has 0 bridgehead atoms. The molecule has 3 heterocycles. The summed E-state index contributed by atoms with van der Waals surface area (Å²) in [6, 6.07) is 2.60. The number of carbonyl (C=O) groups excluding carboxylic acids is 1. The first kappa shape index (κ1) is 18.5. The highest BCUT2D eigenvalue weighted by Gasteiger charge is 2.34. The zero-order chi connectivity index (χ0) is 20.2. The Kier molecular flexibility index (Phi) is 4.21. The van der Waals surface area contributed by atoms with Gasteiger partial charge in [-0.1, -0.05) is 11.3 Å². The number of fused-ring (bicyclic) bond motifs is 1. The number of methoxy groups -OCH3 is 1. The number of hydrogen-bond acceptors (Lipinski definition) is 6. The SMILES string of the molecule is COc1sc2nc(Cn3nc(C4CC4)cc3C(C)(F)F)cc(=O)n2c1C(N)=O. The van der Waals surface area contributed by atoms with Crippen molar-refractivity contribution in [1.29, 1.82) is 0 Å². The molecule has 3 aromatic rings. The van der Waals surface area contributed by atoms with Gasteiger partial charge >= 0.3 is 0 Å². The van der Waals surface area contributed by atoms with Crippen LogP contribution in [0.25, 0.3) is 4.96 Å². The summed E-state index contributed by atoms with van der Waals surface area (Å²) in [6.07, 6.45) is 1.87. The summed E-state index contributed by atoms with van der Waals surface area (Å²) >= 11 is 0.972. The van der Waals surface area contributed by atoms with Crippen LogP contribution in [0.15, 0.2) is 16.9 Å². The van der Waals surface area contributed by atoms with E-state index in [4.69, 9.17) is 10.5 Å². The summed E-state index contributed by atoms with van der Waals surface area (Å²) in [5, 5.41) is 4.46. The van der Waals surface area contributed by atoms with Gasteiger partial charge in [0.2, 0.25) is 10.0 Å². The second kappa shape index (κ2) is 6.36.